The summed E-state index contributed by atoms with van der Waals surface area (Å²) in [5.74, 6) is -0.893. The van der Waals surface area contributed by atoms with Crippen molar-refractivity contribution in [3.05, 3.63) is 58.4 Å². The van der Waals surface area contributed by atoms with Crippen molar-refractivity contribution in [2.75, 3.05) is 33.9 Å². The van der Waals surface area contributed by atoms with Gasteiger partial charge >= 0.3 is 0 Å². The van der Waals surface area contributed by atoms with E-state index < -0.39 is 6.04 Å². The Morgan fingerprint density at radius 2 is 2.00 bits per heavy atom. The monoisotopic (exact) mass is 456 g/mol. The molecule has 0 bridgehead atoms. The van der Waals surface area contributed by atoms with Crippen molar-refractivity contribution in [1.29, 1.82) is 0 Å². The number of rotatable bonds is 11. The second kappa shape index (κ2) is 11.4. The number of hydrogen-bond acceptors (Lipinski definition) is 5. The number of thiophene rings is 1. The topological polar surface area (TPSA) is 104 Å². The molecule has 0 saturated carbocycles. The van der Waals surface area contributed by atoms with Crippen LogP contribution in [0, 0.1) is 0 Å². The number of carbonyl (C=O) groups is 3. The minimum absolute atomic E-state index is 0.0922. The molecule has 2 aromatic heterocycles. The molecule has 0 spiro atoms. The number of nitrogens with one attached hydrogen (secondary N) is 3. The average molecular weight is 457 g/mol. The van der Waals surface area contributed by atoms with E-state index in [0.717, 1.165) is 16.5 Å². The molecule has 0 radical (unpaired) electrons. The van der Waals surface area contributed by atoms with Crippen molar-refractivity contribution in [2.24, 2.45) is 0 Å². The van der Waals surface area contributed by atoms with Gasteiger partial charge in [-0.1, -0.05) is 24.3 Å². The highest BCUT2D eigenvalue weighted by atomic mass is 32.1. The van der Waals surface area contributed by atoms with Gasteiger partial charge in [0, 0.05) is 50.8 Å². The lowest BCUT2D eigenvalue weighted by Crippen LogP contribution is -2.50. The number of aromatic nitrogens is 1. The van der Waals surface area contributed by atoms with Crippen molar-refractivity contribution in [3.63, 3.8) is 0 Å². The van der Waals surface area contributed by atoms with Gasteiger partial charge in [-0.3, -0.25) is 14.4 Å². The molecule has 0 aliphatic heterocycles. The number of benzene rings is 1. The standard InChI is InChI=1S/C23H28N4O4S/c1-27(15-21(28)24-10-6-11-31-2)23(30)19(26-22(29)20-9-5-12-32-20)13-16-14-25-18-8-4-3-7-17(16)18/h3-5,7-9,12,14,19,25H,6,10-11,13,15H2,1-2H3,(H,24,28)(H,26,29). The Bertz CT molecular complexity index is 1050. The first-order chi connectivity index (χ1) is 15.5. The Balaban J connectivity index is 1.71. The smallest absolute Gasteiger partial charge is 0.262 e. The van der Waals surface area contributed by atoms with Gasteiger partial charge in [-0.2, -0.15) is 0 Å². The molecule has 170 valence electrons. The first-order valence-corrected chi connectivity index (χ1v) is 11.3. The Morgan fingerprint density at radius 1 is 1.19 bits per heavy atom. The van der Waals surface area contributed by atoms with E-state index in [4.69, 9.17) is 4.74 Å². The third-order valence-corrected chi connectivity index (χ3v) is 5.92. The summed E-state index contributed by atoms with van der Waals surface area (Å²) >= 11 is 1.31. The van der Waals surface area contributed by atoms with Crippen LogP contribution in [0.2, 0.25) is 0 Å². The van der Waals surface area contributed by atoms with Gasteiger partial charge in [0.2, 0.25) is 11.8 Å². The van der Waals surface area contributed by atoms with Gasteiger partial charge in [-0.05, 0) is 29.5 Å². The molecule has 2 heterocycles. The van der Waals surface area contributed by atoms with E-state index in [9.17, 15) is 14.4 Å². The molecule has 9 heteroatoms. The largest absolute Gasteiger partial charge is 0.385 e. The maximum atomic E-state index is 13.2. The minimum Gasteiger partial charge on any atom is -0.385 e. The van der Waals surface area contributed by atoms with E-state index in [2.05, 4.69) is 15.6 Å². The number of amides is 3. The first kappa shape index (κ1) is 23.5. The predicted octanol–water partition coefficient (Wildman–Crippen LogP) is 2.18. The van der Waals surface area contributed by atoms with Gasteiger partial charge < -0.3 is 25.3 Å². The van der Waals surface area contributed by atoms with Gasteiger partial charge in [0.05, 0.1) is 11.4 Å². The van der Waals surface area contributed by atoms with Crippen LogP contribution >= 0.6 is 11.3 Å². The molecule has 0 saturated heterocycles. The lowest BCUT2D eigenvalue weighted by Gasteiger charge is -2.24. The Kier molecular flexibility index (Phi) is 8.41. The lowest BCUT2D eigenvalue weighted by atomic mass is 10.0. The molecule has 32 heavy (non-hydrogen) atoms. The number of ether oxygens (including phenoxy) is 1. The zero-order valence-corrected chi connectivity index (χ0v) is 19.0. The second-order valence-corrected chi connectivity index (χ2v) is 8.41. The predicted molar refractivity (Wildman–Crippen MR) is 125 cm³/mol. The molecule has 3 aromatic rings. The van der Waals surface area contributed by atoms with Crippen LogP contribution in [0.1, 0.15) is 21.7 Å². The molecule has 1 atom stereocenters. The lowest BCUT2D eigenvalue weighted by molar-refractivity contribution is -0.136. The van der Waals surface area contributed by atoms with E-state index in [-0.39, 0.29) is 24.3 Å². The fourth-order valence-corrected chi connectivity index (χ4v) is 4.04. The highest BCUT2D eigenvalue weighted by Gasteiger charge is 2.27. The van der Waals surface area contributed by atoms with Gasteiger partial charge in [0.15, 0.2) is 0 Å². The fourth-order valence-electron chi connectivity index (χ4n) is 3.42. The van der Waals surface area contributed by atoms with Crippen molar-refractivity contribution in [3.8, 4) is 0 Å². The van der Waals surface area contributed by atoms with E-state index in [0.29, 0.717) is 30.9 Å². The van der Waals surface area contributed by atoms with Crippen LogP contribution in [-0.2, 0) is 20.7 Å². The first-order valence-electron chi connectivity index (χ1n) is 10.4. The number of para-hydroxylation sites is 1. The summed E-state index contributed by atoms with van der Waals surface area (Å²) in [5.41, 5.74) is 1.88. The normalized spacial score (nSPS) is 11.8. The summed E-state index contributed by atoms with van der Waals surface area (Å²) in [7, 11) is 3.17. The summed E-state index contributed by atoms with van der Waals surface area (Å²) in [4.78, 5) is 43.2. The maximum absolute atomic E-state index is 13.2. The van der Waals surface area contributed by atoms with Crippen molar-refractivity contribution >= 4 is 40.0 Å². The number of H-pyrrole nitrogens is 1. The molecular formula is C23H28N4O4S. The van der Waals surface area contributed by atoms with Crippen LogP contribution in [0.4, 0.5) is 0 Å². The summed E-state index contributed by atoms with van der Waals surface area (Å²) in [5, 5.41) is 8.43. The third-order valence-electron chi connectivity index (χ3n) is 5.05. The Morgan fingerprint density at radius 3 is 2.75 bits per heavy atom. The van der Waals surface area contributed by atoms with Gasteiger partial charge in [-0.25, -0.2) is 0 Å². The van der Waals surface area contributed by atoms with Gasteiger partial charge in [0.25, 0.3) is 5.91 Å². The van der Waals surface area contributed by atoms with Crippen molar-refractivity contribution in [2.45, 2.75) is 18.9 Å². The Hall–Kier alpha value is -3.17. The third kappa shape index (κ3) is 6.18. The fraction of sp³-hybridized carbons (Fsp3) is 0.348. The molecule has 3 rings (SSSR count). The molecule has 1 aromatic carbocycles. The quantitative estimate of drug-likeness (QED) is 0.385. The van der Waals surface area contributed by atoms with Gasteiger partial charge in [0.1, 0.15) is 6.04 Å². The molecule has 3 N–H and O–H groups in total. The van der Waals surface area contributed by atoms with Crippen LogP contribution in [0.3, 0.4) is 0 Å². The number of nitrogens with zero attached hydrogens (tertiary/aromatic N) is 1. The average Bonchev–Trinajstić information content (AvgIpc) is 3.46. The van der Waals surface area contributed by atoms with Crippen LogP contribution in [0.15, 0.2) is 48.0 Å². The minimum atomic E-state index is -0.810. The summed E-state index contributed by atoms with van der Waals surface area (Å²) in [6.07, 6.45) is 2.85. The van der Waals surface area contributed by atoms with E-state index in [1.165, 1.54) is 16.2 Å². The molecule has 1 unspecified atom stereocenters. The number of fused-ring (bicyclic) bond motifs is 1. The number of aromatic amines is 1. The number of likely N-dealkylation sites (N-methyl/N-ethyl adjacent to an activating group) is 1. The molecule has 8 nitrogen and oxygen atoms in total. The van der Waals surface area contributed by atoms with Crippen molar-refractivity contribution < 1.29 is 19.1 Å². The Labute approximate surface area is 190 Å². The second-order valence-electron chi connectivity index (χ2n) is 7.46. The molecule has 0 aliphatic rings. The van der Waals surface area contributed by atoms with Gasteiger partial charge in [-0.15, -0.1) is 11.3 Å². The molecule has 3 amide bonds. The number of carbonyl (C=O) groups excluding carboxylic acids is 3. The van der Waals surface area contributed by atoms with Crippen LogP contribution in [-0.4, -0.2) is 67.5 Å². The van der Waals surface area contributed by atoms with E-state index >= 15 is 0 Å². The highest BCUT2D eigenvalue weighted by molar-refractivity contribution is 7.12. The zero-order valence-electron chi connectivity index (χ0n) is 18.2. The van der Waals surface area contributed by atoms with E-state index in [1.54, 1.807) is 26.3 Å². The van der Waals surface area contributed by atoms with Crippen LogP contribution in [0.25, 0.3) is 10.9 Å². The number of hydrogen-bond donors (Lipinski definition) is 3. The number of methoxy groups -OCH3 is 1. The maximum Gasteiger partial charge on any atom is 0.262 e. The SMILES string of the molecule is COCCCNC(=O)CN(C)C(=O)C(Cc1c[nH]c2ccccc12)NC(=O)c1cccs1. The van der Waals surface area contributed by atoms with Crippen LogP contribution in [0.5, 0.6) is 0 Å². The summed E-state index contributed by atoms with van der Waals surface area (Å²) < 4.78 is 4.96. The van der Waals surface area contributed by atoms with Crippen molar-refractivity contribution in [1.82, 2.24) is 20.5 Å². The summed E-state index contributed by atoms with van der Waals surface area (Å²) in [6, 6.07) is 10.5. The summed E-state index contributed by atoms with van der Waals surface area (Å²) in [6.45, 7) is 0.935. The molecule has 0 aliphatic carbocycles. The zero-order chi connectivity index (χ0) is 22.9. The van der Waals surface area contributed by atoms with E-state index in [1.807, 2.05) is 35.8 Å². The highest BCUT2D eigenvalue weighted by Crippen LogP contribution is 2.20. The van der Waals surface area contributed by atoms with Crippen LogP contribution < -0.4 is 10.6 Å². The molecular weight excluding hydrogens is 428 g/mol. The molecule has 0 fully saturated rings.